The largest absolute Gasteiger partial charge is 0.383 e. The maximum atomic E-state index is 6.13. The van der Waals surface area contributed by atoms with Gasteiger partial charge >= 0.3 is 0 Å². The van der Waals surface area contributed by atoms with Gasteiger partial charge in [0.1, 0.15) is 0 Å². The van der Waals surface area contributed by atoms with E-state index in [0.717, 1.165) is 22.3 Å². The van der Waals surface area contributed by atoms with Crippen LogP contribution in [0.4, 0.5) is 5.69 Å². The first kappa shape index (κ1) is 11.1. The number of anilines is 1. The van der Waals surface area contributed by atoms with Crippen LogP contribution in [-0.2, 0) is 0 Å². The van der Waals surface area contributed by atoms with Gasteiger partial charge in [-0.15, -0.1) is 0 Å². The van der Waals surface area contributed by atoms with E-state index in [-0.39, 0.29) is 0 Å². The van der Waals surface area contributed by atoms with Crippen LogP contribution in [0.15, 0.2) is 12.1 Å². The third kappa shape index (κ3) is 2.24. The molecule has 82 valence electrons. The van der Waals surface area contributed by atoms with Crippen LogP contribution in [0.1, 0.15) is 37.7 Å². The van der Waals surface area contributed by atoms with Gasteiger partial charge in [-0.05, 0) is 24.1 Å². The predicted octanol–water partition coefficient (Wildman–Crippen LogP) is 4.69. The summed E-state index contributed by atoms with van der Waals surface area (Å²) in [4.78, 5) is 0. The molecule has 3 heteroatoms. The molecular formula is C12H15Cl2N. The molecule has 1 unspecified atom stereocenters. The van der Waals surface area contributed by atoms with E-state index in [1.165, 1.54) is 24.8 Å². The van der Waals surface area contributed by atoms with Crippen LogP contribution in [0.25, 0.3) is 0 Å². The van der Waals surface area contributed by atoms with E-state index >= 15 is 0 Å². The molecule has 0 amide bonds. The van der Waals surface area contributed by atoms with Gasteiger partial charge < -0.3 is 5.32 Å². The molecule has 0 spiro atoms. The van der Waals surface area contributed by atoms with Crippen molar-refractivity contribution < 1.29 is 0 Å². The Balaban J connectivity index is 2.25. The van der Waals surface area contributed by atoms with Gasteiger partial charge in [-0.25, -0.2) is 0 Å². The number of halogens is 2. The molecule has 1 heterocycles. The molecule has 0 saturated carbocycles. The summed E-state index contributed by atoms with van der Waals surface area (Å²) in [5.74, 6) is 0.580. The number of fused-ring (bicyclic) bond motifs is 1. The van der Waals surface area contributed by atoms with Crippen molar-refractivity contribution in [3.63, 3.8) is 0 Å². The average Bonchev–Trinajstić information content (AvgIpc) is 2.58. The molecule has 1 nitrogen and oxygen atoms in total. The van der Waals surface area contributed by atoms with E-state index in [2.05, 4.69) is 12.2 Å². The number of rotatable bonds is 3. The van der Waals surface area contributed by atoms with Gasteiger partial charge in [-0.1, -0.05) is 43.0 Å². The van der Waals surface area contributed by atoms with Gasteiger partial charge in [0.25, 0.3) is 0 Å². The third-order valence-corrected chi connectivity index (χ3v) is 3.47. The number of benzene rings is 1. The van der Waals surface area contributed by atoms with Crippen molar-refractivity contribution in [3.8, 4) is 0 Å². The van der Waals surface area contributed by atoms with Gasteiger partial charge in [0.05, 0.1) is 10.7 Å². The molecule has 1 aromatic rings. The Kier molecular flexibility index (Phi) is 3.42. The minimum absolute atomic E-state index is 0.580. The van der Waals surface area contributed by atoms with Gasteiger partial charge in [0, 0.05) is 17.5 Å². The van der Waals surface area contributed by atoms with Gasteiger partial charge in [0.15, 0.2) is 0 Å². The summed E-state index contributed by atoms with van der Waals surface area (Å²) in [5, 5.41) is 4.85. The van der Waals surface area contributed by atoms with Crippen molar-refractivity contribution >= 4 is 28.9 Å². The Morgan fingerprint density at radius 3 is 2.93 bits per heavy atom. The first-order valence-electron chi connectivity index (χ1n) is 5.45. The zero-order chi connectivity index (χ0) is 10.8. The normalized spacial score (nSPS) is 18.7. The lowest BCUT2D eigenvalue weighted by Crippen LogP contribution is -2.01. The SMILES string of the molecule is CCCCC1CNc2c(Cl)cc(Cl)cc21. The van der Waals surface area contributed by atoms with E-state index in [9.17, 15) is 0 Å². The number of nitrogens with one attached hydrogen (secondary N) is 1. The molecule has 0 bridgehead atoms. The molecule has 1 aromatic carbocycles. The Morgan fingerprint density at radius 2 is 2.20 bits per heavy atom. The van der Waals surface area contributed by atoms with Crippen LogP contribution >= 0.6 is 23.2 Å². The fraction of sp³-hybridized carbons (Fsp3) is 0.500. The second-order valence-electron chi connectivity index (χ2n) is 4.07. The highest BCUT2D eigenvalue weighted by molar-refractivity contribution is 6.36. The first-order valence-corrected chi connectivity index (χ1v) is 6.20. The fourth-order valence-electron chi connectivity index (χ4n) is 2.15. The minimum atomic E-state index is 0.580. The van der Waals surface area contributed by atoms with Crippen molar-refractivity contribution in [3.05, 3.63) is 27.7 Å². The van der Waals surface area contributed by atoms with E-state index in [1.54, 1.807) is 6.07 Å². The van der Waals surface area contributed by atoms with E-state index < -0.39 is 0 Å². The first-order chi connectivity index (χ1) is 7.22. The molecule has 1 atom stereocenters. The van der Waals surface area contributed by atoms with Crippen molar-refractivity contribution in [2.24, 2.45) is 0 Å². The molecule has 15 heavy (non-hydrogen) atoms. The summed E-state index contributed by atoms with van der Waals surface area (Å²) < 4.78 is 0. The van der Waals surface area contributed by atoms with Crippen LogP contribution in [0.5, 0.6) is 0 Å². The van der Waals surface area contributed by atoms with Crippen molar-refractivity contribution in [1.82, 2.24) is 0 Å². The Hall–Kier alpha value is -0.400. The lowest BCUT2D eigenvalue weighted by Gasteiger charge is -2.09. The molecule has 1 N–H and O–H groups in total. The fourth-order valence-corrected chi connectivity index (χ4v) is 2.72. The van der Waals surface area contributed by atoms with Crippen LogP contribution in [0.3, 0.4) is 0 Å². The maximum absolute atomic E-state index is 6.13. The lowest BCUT2D eigenvalue weighted by atomic mass is 9.96. The zero-order valence-electron chi connectivity index (χ0n) is 8.82. The summed E-state index contributed by atoms with van der Waals surface area (Å²) in [5.41, 5.74) is 2.38. The van der Waals surface area contributed by atoms with Crippen molar-refractivity contribution in [1.29, 1.82) is 0 Å². The number of hydrogen-bond donors (Lipinski definition) is 1. The zero-order valence-corrected chi connectivity index (χ0v) is 10.3. The summed E-state index contributed by atoms with van der Waals surface area (Å²) in [6.07, 6.45) is 3.71. The van der Waals surface area contributed by atoms with E-state index in [1.807, 2.05) is 6.07 Å². The van der Waals surface area contributed by atoms with Crippen LogP contribution in [0, 0.1) is 0 Å². The molecule has 0 saturated heterocycles. The minimum Gasteiger partial charge on any atom is -0.383 e. The molecular weight excluding hydrogens is 229 g/mol. The average molecular weight is 244 g/mol. The summed E-state index contributed by atoms with van der Waals surface area (Å²) in [7, 11) is 0. The second kappa shape index (κ2) is 4.63. The Bertz CT molecular complexity index is 363. The monoisotopic (exact) mass is 243 g/mol. The predicted molar refractivity (Wildman–Crippen MR) is 67.2 cm³/mol. The summed E-state index contributed by atoms with van der Waals surface area (Å²) in [6.45, 7) is 3.21. The van der Waals surface area contributed by atoms with Crippen LogP contribution in [0.2, 0.25) is 10.0 Å². The maximum Gasteiger partial charge on any atom is 0.0655 e. The molecule has 0 aromatic heterocycles. The number of hydrogen-bond acceptors (Lipinski definition) is 1. The van der Waals surface area contributed by atoms with Crippen LogP contribution < -0.4 is 5.32 Å². The highest BCUT2D eigenvalue weighted by Crippen LogP contribution is 2.41. The summed E-state index contributed by atoms with van der Waals surface area (Å²) in [6, 6.07) is 3.85. The van der Waals surface area contributed by atoms with E-state index in [0.29, 0.717) is 5.92 Å². The highest BCUT2D eigenvalue weighted by atomic mass is 35.5. The Morgan fingerprint density at radius 1 is 1.40 bits per heavy atom. The lowest BCUT2D eigenvalue weighted by molar-refractivity contribution is 0.622. The molecule has 2 rings (SSSR count). The molecule has 0 radical (unpaired) electrons. The van der Waals surface area contributed by atoms with Crippen LogP contribution in [-0.4, -0.2) is 6.54 Å². The molecule has 0 fully saturated rings. The Labute approximate surface area is 101 Å². The molecule has 0 aliphatic carbocycles. The molecule has 1 aliphatic heterocycles. The molecule has 1 aliphatic rings. The van der Waals surface area contributed by atoms with E-state index in [4.69, 9.17) is 23.2 Å². The third-order valence-electron chi connectivity index (χ3n) is 2.96. The van der Waals surface area contributed by atoms with Gasteiger partial charge in [-0.3, -0.25) is 0 Å². The quantitative estimate of drug-likeness (QED) is 0.813. The number of unbranched alkanes of at least 4 members (excludes halogenated alkanes) is 1. The second-order valence-corrected chi connectivity index (χ2v) is 4.92. The highest BCUT2D eigenvalue weighted by Gasteiger charge is 2.23. The standard InChI is InChI=1S/C12H15Cl2N/c1-2-3-4-8-7-15-12-10(8)5-9(13)6-11(12)14/h5-6,8,15H,2-4,7H2,1H3. The summed E-state index contributed by atoms with van der Waals surface area (Å²) >= 11 is 12.1. The van der Waals surface area contributed by atoms with Gasteiger partial charge in [0.2, 0.25) is 0 Å². The van der Waals surface area contributed by atoms with Crippen molar-refractivity contribution in [2.75, 3.05) is 11.9 Å². The van der Waals surface area contributed by atoms with Crippen molar-refractivity contribution in [2.45, 2.75) is 32.1 Å². The van der Waals surface area contributed by atoms with Gasteiger partial charge in [-0.2, -0.15) is 0 Å². The topological polar surface area (TPSA) is 12.0 Å². The smallest absolute Gasteiger partial charge is 0.0655 e.